The summed E-state index contributed by atoms with van der Waals surface area (Å²) in [6, 6.07) is 9.13. The highest BCUT2D eigenvalue weighted by Crippen LogP contribution is 2.23. The molecule has 1 heterocycles. The molecule has 70 valence electrons. The lowest BCUT2D eigenvalue weighted by atomic mass is 10.1. The molecular weight excluding hydrogens is 178 g/mol. The van der Waals surface area contributed by atoms with Gasteiger partial charge < -0.3 is 10.8 Å². The molecule has 1 aliphatic heterocycles. The number of hydrogen-bond donors (Lipinski definition) is 3. The van der Waals surface area contributed by atoms with E-state index in [0.717, 1.165) is 5.56 Å². The van der Waals surface area contributed by atoms with Gasteiger partial charge in [0.1, 0.15) is 0 Å². The number of nitrogens with two attached hydrogens (primary N) is 1. The van der Waals surface area contributed by atoms with E-state index < -0.39 is 0 Å². The van der Waals surface area contributed by atoms with E-state index in [1.165, 1.54) is 0 Å². The van der Waals surface area contributed by atoms with Crippen molar-refractivity contribution in [2.75, 3.05) is 0 Å². The molecule has 0 amide bonds. The number of amidine groups is 2. The molecule has 0 saturated carbocycles. The summed E-state index contributed by atoms with van der Waals surface area (Å²) in [7, 11) is 0. The van der Waals surface area contributed by atoms with Crippen molar-refractivity contribution in [1.29, 1.82) is 5.41 Å². The first-order chi connectivity index (χ1) is 6.70. The summed E-state index contributed by atoms with van der Waals surface area (Å²) in [6.45, 7) is 0. The number of benzene rings is 1. The van der Waals surface area contributed by atoms with Crippen LogP contribution in [0.5, 0.6) is 0 Å². The third kappa shape index (κ3) is 1.17. The van der Waals surface area contributed by atoms with Gasteiger partial charge in [-0.05, 0) is 5.56 Å². The summed E-state index contributed by atoms with van der Waals surface area (Å²) in [4.78, 5) is 3.68. The molecule has 0 unspecified atom stereocenters. The van der Waals surface area contributed by atoms with Crippen molar-refractivity contribution < 1.29 is 5.11 Å². The lowest BCUT2D eigenvalue weighted by Crippen LogP contribution is -2.11. The minimum absolute atomic E-state index is 0.00574. The zero-order valence-corrected chi connectivity index (χ0v) is 7.36. The van der Waals surface area contributed by atoms with Crippen molar-refractivity contribution in [3.8, 4) is 0 Å². The third-order valence-electron chi connectivity index (χ3n) is 2.01. The number of aliphatic imine (C=N–C) groups is 1. The molecule has 2 rings (SSSR count). The lowest BCUT2D eigenvalue weighted by Gasteiger charge is -2.01. The Morgan fingerprint density at radius 1 is 1.21 bits per heavy atom. The average molecular weight is 187 g/mol. The topological polar surface area (TPSA) is 82.5 Å². The molecular formula is C10H9N3O. The maximum absolute atomic E-state index is 9.56. The van der Waals surface area contributed by atoms with Crippen LogP contribution in [0.1, 0.15) is 5.56 Å². The van der Waals surface area contributed by atoms with E-state index in [1.807, 2.05) is 18.2 Å². The van der Waals surface area contributed by atoms with Crippen molar-refractivity contribution in [3.05, 3.63) is 41.7 Å². The molecule has 0 atom stereocenters. The van der Waals surface area contributed by atoms with Crippen molar-refractivity contribution >= 4 is 17.2 Å². The predicted molar refractivity (Wildman–Crippen MR) is 55.3 cm³/mol. The van der Waals surface area contributed by atoms with Gasteiger partial charge in [-0.3, -0.25) is 5.41 Å². The standard InChI is InChI=1S/C10H9N3O/c11-9-7(8(14)10(12)13-9)6-4-2-1-3-5-6/h1-5H,(H4,11,12,13,14). The Kier molecular flexibility index (Phi) is 1.81. The Hall–Kier alpha value is -2.10. The molecule has 0 aliphatic carbocycles. The second kappa shape index (κ2) is 2.99. The molecule has 1 aliphatic rings. The van der Waals surface area contributed by atoms with Crippen LogP contribution in [0.25, 0.3) is 5.57 Å². The van der Waals surface area contributed by atoms with Gasteiger partial charge >= 0.3 is 0 Å². The van der Waals surface area contributed by atoms with Crippen LogP contribution in [0, 0.1) is 5.41 Å². The minimum Gasteiger partial charge on any atom is -0.504 e. The Bertz CT molecular complexity index is 446. The van der Waals surface area contributed by atoms with Crippen LogP contribution < -0.4 is 5.73 Å². The van der Waals surface area contributed by atoms with Crippen molar-refractivity contribution in [3.63, 3.8) is 0 Å². The number of nitrogens with zero attached hydrogens (tertiary/aromatic N) is 1. The smallest absolute Gasteiger partial charge is 0.169 e. The summed E-state index contributed by atoms with van der Waals surface area (Å²) < 4.78 is 0. The number of hydrogen-bond acceptors (Lipinski definition) is 3. The van der Waals surface area contributed by atoms with E-state index in [0.29, 0.717) is 5.57 Å². The largest absolute Gasteiger partial charge is 0.504 e. The predicted octanol–water partition coefficient (Wildman–Crippen LogP) is 1.30. The molecule has 1 aromatic rings. The van der Waals surface area contributed by atoms with Gasteiger partial charge in [-0.25, -0.2) is 4.99 Å². The van der Waals surface area contributed by atoms with Gasteiger partial charge in [0.25, 0.3) is 0 Å². The SMILES string of the molecule is N=C1N=C(N)C(O)=C1c1ccccc1. The van der Waals surface area contributed by atoms with E-state index in [-0.39, 0.29) is 17.4 Å². The molecule has 0 radical (unpaired) electrons. The fraction of sp³-hybridized carbons (Fsp3) is 0. The Balaban J connectivity index is 2.53. The highest BCUT2D eigenvalue weighted by Gasteiger charge is 2.22. The molecule has 14 heavy (non-hydrogen) atoms. The molecule has 4 N–H and O–H groups in total. The third-order valence-corrected chi connectivity index (χ3v) is 2.01. The van der Waals surface area contributed by atoms with Crippen molar-refractivity contribution in [1.82, 2.24) is 0 Å². The van der Waals surface area contributed by atoms with Crippen LogP contribution in [0.3, 0.4) is 0 Å². The van der Waals surface area contributed by atoms with E-state index in [9.17, 15) is 5.11 Å². The number of aliphatic hydroxyl groups excluding tert-OH is 1. The first kappa shape index (κ1) is 8.50. The summed E-state index contributed by atoms with van der Waals surface area (Å²) in [5.74, 6) is -0.0961. The molecule has 4 nitrogen and oxygen atoms in total. The second-order valence-electron chi connectivity index (χ2n) is 2.94. The minimum atomic E-state index is -0.110. The maximum atomic E-state index is 9.56. The zero-order chi connectivity index (χ0) is 10.1. The maximum Gasteiger partial charge on any atom is 0.169 e. The monoisotopic (exact) mass is 187 g/mol. The van der Waals surface area contributed by atoms with Crippen LogP contribution in [-0.4, -0.2) is 16.8 Å². The van der Waals surface area contributed by atoms with E-state index in [1.54, 1.807) is 12.1 Å². The first-order valence-electron chi connectivity index (χ1n) is 4.12. The van der Waals surface area contributed by atoms with Crippen LogP contribution in [0.15, 0.2) is 41.1 Å². The molecule has 0 spiro atoms. The molecule has 0 bridgehead atoms. The molecule has 0 aromatic heterocycles. The fourth-order valence-electron chi connectivity index (χ4n) is 1.35. The van der Waals surface area contributed by atoms with Crippen LogP contribution in [0.4, 0.5) is 0 Å². The van der Waals surface area contributed by atoms with Gasteiger partial charge in [-0.1, -0.05) is 30.3 Å². The normalized spacial score (nSPS) is 16.0. The Labute approximate surface area is 80.9 Å². The van der Waals surface area contributed by atoms with E-state index in [4.69, 9.17) is 11.1 Å². The van der Waals surface area contributed by atoms with Crippen molar-refractivity contribution in [2.24, 2.45) is 10.7 Å². The summed E-state index contributed by atoms with van der Waals surface area (Å²) in [5, 5.41) is 17.1. The summed E-state index contributed by atoms with van der Waals surface area (Å²) in [5.41, 5.74) is 6.54. The van der Waals surface area contributed by atoms with Gasteiger partial charge in [0, 0.05) is 0 Å². The average Bonchev–Trinajstić information content (AvgIpc) is 2.43. The summed E-state index contributed by atoms with van der Waals surface area (Å²) in [6.07, 6.45) is 0. The Morgan fingerprint density at radius 3 is 2.36 bits per heavy atom. The molecule has 0 saturated heterocycles. The van der Waals surface area contributed by atoms with Gasteiger partial charge in [-0.2, -0.15) is 0 Å². The van der Waals surface area contributed by atoms with Gasteiger partial charge in [0.05, 0.1) is 5.57 Å². The van der Waals surface area contributed by atoms with Crippen molar-refractivity contribution in [2.45, 2.75) is 0 Å². The highest BCUT2D eigenvalue weighted by molar-refractivity contribution is 6.34. The fourth-order valence-corrected chi connectivity index (χ4v) is 1.35. The van der Waals surface area contributed by atoms with E-state index >= 15 is 0 Å². The second-order valence-corrected chi connectivity index (χ2v) is 2.94. The number of nitrogens with one attached hydrogen (secondary N) is 1. The van der Waals surface area contributed by atoms with Crippen LogP contribution >= 0.6 is 0 Å². The highest BCUT2D eigenvalue weighted by atomic mass is 16.3. The zero-order valence-electron chi connectivity index (χ0n) is 7.36. The summed E-state index contributed by atoms with van der Waals surface area (Å²) >= 11 is 0. The molecule has 1 aromatic carbocycles. The number of aliphatic hydroxyl groups is 1. The Morgan fingerprint density at radius 2 is 1.86 bits per heavy atom. The van der Waals surface area contributed by atoms with Gasteiger partial charge in [-0.15, -0.1) is 0 Å². The van der Waals surface area contributed by atoms with Crippen LogP contribution in [-0.2, 0) is 0 Å². The van der Waals surface area contributed by atoms with Gasteiger partial charge in [0.2, 0.25) is 0 Å². The molecule has 0 fully saturated rings. The van der Waals surface area contributed by atoms with Gasteiger partial charge in [0.15, 0.2) is 17.4 Å². The lowest BCUT2D eigenvalue weighted by molar-refractivity contribution is 0.447. The number of rotatable bonds is 1. The quantitative estimate of drug-likeness (QED) is 0.619. The first-order valence-corrected chi connectivity index (χ1v) is 4.12. The van der Waals surface area contributed by atoms with Crippen LogP contribution in [0.2, 0.25) is 0 Å². The molecule has 4 heteroatoms. The van der Waals surface area contributed by atoms with E-state index in [2.05, 4.69) is 4.99 Å².